The summed E-state index contributed by atoms with van der Waals surface area (Å²) >= 11 is 1.37. The third-order valence-corrected chi connectivity index (χ3v) is 7.70. The van der Waals surface area contributed by atoms with Crippen LogP contribution in [0.15, 0.2) is 35.2 Å². The second-order valence-corrected chi connectivity index (χ2v) is 9.24. The monoisotopic (exact) mass is 377 g/mol. The van der Waals surface area contributed by atoms with Crippen LogP contribution in [0.2, 0.25) is 0 Å². The van der Waals surface area contributed by atoms with E-state index in [2.05, 4.69) is 4.98 Å². The zero-order chi connectivity index (χ0) is 17.4. The number of rotatable bonds is 3. The van der Waals surface area contributed by atoms with Crippen molar-refractivity contribution in [2.75, 3.05) is 23.9 Å². The van der Waals surface area contributed by atoms with Crippen molar-refractivity contribution in [2.24, 2.45) is 0 Å². The molecule has 0 bridgehead atoms. The number of para-hydroxylation sites is 1. The zero-order valence-corrected chi connectivity index (χ0v) is 15.3. The lowest BCUT2D eigenvalue weighted by Crippen LogP contribution is -2.49. The molecule has 1 aromatic heterocycles. The van der Waals surface area contributed by atoms with Crippen LogP contribution in [0.5, 0.6) is 0 Å². The average Bonchev–Trinajstić information content (AvgIpc) is 3.31. The number of benzene rings is 1. The predicted octanol–water partition coefficient (Wildman–Crippen LogP) is 2.14. The highest BCUT2D eigenvalue weighted by Crippen LogP contribution is 2.33. The smallest absolute Gasteiger partial charge is 0.273 e. The van der Waals surface area contributed by atoms with Crippen molar-refractivity contribution >= 4 is 33.0 Å². The van der Waals surface area contributed by atoms with Crippen molar-refractivity contribution in [3.63, 3.8) is 0 Å². The summed E-state index contributed by atoms with van der Waals surface area (Å²) in [6, 6.07) is 7.64. The largest absolute Gasteiger partial charge is 0.336 e. The summed E-state index contributed by atoms with van der Waals surface area (Å²) < 4.78 is 27.9. The number of anilines is 1. The molecule has 0 radical (unpaired) electrons. The number of likely N-dealkylation sites (tertiary alicyclic amines) is 1. The number of carbonyl (C=O) groups excluding carboxylic acids is 1. The predicted molar refractivity (Wildman–Crippen MR) is 97.5 cm³/mol. The summed E-state index contributed by atoms with van der Waals surface area (Å²) in [4.78, 5) is 18.2. The molecule has 25 heavy (non-hydrogen) atoms. The Kier molecular flexibility index (Phi) is 4.24. The topological polar surface area (TPSA) is 70.6 Å². The highest BCUT2D eigenvalue weighted by molar-refractivity contribution is 7.93. The molecule has 4 rings (SSSR count). The second kappa shape index (κ2) is 6.42. The highest BCUT2D eigenvalue weighted by Gasteiger charge is 2.39. The Bertz CT molecular complexity index is 880. The van der Waals surface area contributed by atoms with Crippen molar-refractivity contribution in [1.29, 1.82) is 0 Å². The number of thiazole rings is 1. The zero-order valence-electron chi connectivity index (χ0n) is 13.7. The molecule has 1 saturated heterocycles. The first-order valence-corrected chi connectivity index (χ1v) is 10.8. The van der Waals surface area contributed by atoms with E-state index in [-0.39, 0.29) is 12.5 Å². The summed E-state index contributed by atoms with van der Waals surface area (Å²) in [5.41, 5.74) is 3.87. The maximum absolute atomic E-state index is 13.2. The first-order chi connectivity index (χ1) is 12.1. The maximum atomic E-state index is 13.2. The van der Waals surface area contributed by atoms with Gasteiger partial charge < -0.3 is 4.90 Å². The molecule has 3 heterocycles. The molecular weight excluding hydrogens is 358 g/mol. The van der Waals surface area contributed by atoms with Crippen LogP contribution in [0.1, 0.15) is 28.9 Å². The molecule has 0 aliphatic carbocycles. The van der Waals surface area contributed by atoms with Crippen molar-refractivity contribution in [3.8, 4) is 0 Å². The fourth-order valence-electron chi connectivity index (χ4n) is 3.60. The number of aromatic nitrogens is 1. The lowest BCUT2D eigenvalue weighted by molar-refractivity contribution is 0.0721. The first-order valence-electron chi connectivity index (χ1n) is 8.34. The Balaban J connectivity index is 1.56. The Morgan fingerprint density at radius 2 is 2.08 bits per heavy atom. The first kappa shape index (κ1) is 16.5. The number of hydrogen-bond donors (Lipinski definition) is 0. The van der Waals surface area contributed by atoms with Gasteiger partial charge in [-0.15, -0.1) is 11.3 Å². The van der Waals surface area contributed by atoms with Crippen LogP contribution in [0, 0.1) is 0 Å². The Labute approximate surface area is 151 Å². The summed E-state index contributed by atoms with van der Waals surface area (Å²) in [6.45, 7) is 1.30. The third kappa shape index (κ3) is 2.93. The molecule has 2 aliphatic rings. The number of hydrogen-bond acceptors (Lipinski definition) is 5. The van der Waals surface area contributed by atoms with Crippen LogP contribution in [0.25, 0.3) is 0 Å². The minimum Gasteiger partial charge on any atom is -0.336 e. The van der Waals surface area contributed by atoms with Gasteiger partial charge in [-0.3, -0.25) is 9.10 Å². The van der Waals surface area contributed by atoms with Crippen LogP contribution in [-0.4, -0.2) is 49.1 Å². The van der Waals surface area contributed by atoms with E-state index in [1.54, 1.807) is 15.8 Å². The number of carbonyl (C=O) groups is 1. The normalized spacial score (nSPS) is 20.6. The van der Waals surface area contributed by atoms with Gasteiger partial charge in [-0.05, 0) is 30.9 Å². The molecular formula is C17H19N3O3S2. The van der Waals surface area contributed by atoms with Gasteiger partial charge in [-0.2, -0.15) is 0 Å². The van der Waals surface area contributed by atoms with Crippen LogP contribution in [0.3, 0.4) is 0 Å². The molecule has 1 amide bonds. The molecule has 6 nitrogen and oxygen atoms in total. The minimum absolute atomic E-state index is 0.178. The molecule has 1 unspecified atom stereocenters. The number of nitrogens with zero attached hydrogens (tertiary/aromatic N) is 3. The van der Waals surface area contributed by atoms with Gasteiger partial charge in [-0.1, -0.05) is 18.2 Å². The van der Waals surface area contributed by atoms with Gasteiger partial charge in [0.1, 0.15) is 5.69 Å². The van der Waals surface area contributed by atoms with E-state index >= 15 is 0 Å². The lowest BCUT2D eigenvalue weighted by Gasteiger charge is -2.34. The van der Waals surface area contributed by atoms with Gasteiger partial charge in [0.15, 0.2) is 0 Å². The Morgan fingerprint density at radius 1 is 1.24 bits per heavy atom. The van der Waals surface area contributed by atoms with E-state index in [1.807, 2.05) is 24.3 Å². The third-order valence-electron chi connectivity index (χ3n) is 4.89. The number of piperidine rings is 1. The van der Waals surface area contributed by atoms with Gasteiger partial charge in [0.2, 0.25) is 10.0 Å². The molecule has 0 N–H and O–H groups in total. The van der Waals surface area contributed by atoms with E-state index in [4.69, 9.17) is 0 Å². The maximum Gasteiger partial charge on any atom is 0.273 e. The van der Waals surface area contributed by atoms with Crippen LogP contribution in [-0.2, 0) is 16.4 Å². The molecule has 0 saturated carbocycles. The minimum atomic E-state index is -3.49. The van der Waals surface area contributed by atoms with Gasteiger partial charge >= 0.3 is 0 Å². The molecule has 0 spiro atoms. The Hall–Kier alpha value is -1.93. The van der Waals surface area contributed by atoms with Crippen LogP contribution >= 0.6 is 11.3 Å². The van der Waals surface area contributed by atoms with Crippen molar-refractivity contribution in [2.45, 2.75) is 24.5 Å². The number of sulfonamides is 1. The molecule has 2 aromatic rings. The molecule has 1 aromatic carbocycles. The van der Waals surface area contributed by atoms with Crippen molar-refractivity contribution in [1.82, 2.24) is 9.88 Å². The molecule has 1 atom stereocenters. The SMILES string of the molecule is O=C(c1cscn1)N1CCCC(S(=O)(=O)N2CCc3ccccc32)C1. The Morgan fingerprint density at radius 3 is 2.88 bits per heavy atom. The standard InChI is InChI=1S/C17H19N3O3S2/c21-17(15-11-24-12-18-15)19-8-3-5-14(10-19)25(22,23)20-9-7-13-4-1-2-6-16(13)20/h1-2,4,6,11-12,14H,3,5,7-10H2. The second-order valence-electron chi connectivity index (χ2n) is 6.38. The van der Waals surface area contributed by atoms with E-state index in [1.165, 1.54) is 15.6 Å². The van der Waals surface area contributed by atoms with E-state index in [0.29, 0.717) is 31.6 Å². The molecule has 2 aliphatic heterocycles. The van der Waals surface area contributed by atoms with Crippen molar-refractivity contribution in [3.05, 3.63) is 46.4 Å². The summed E-state index contributed by atoms with van der Waals surface area (Å²) in [5, 5.41) is 1.15. The van der Waals surface area contributed by atoms with Crippen LogP contribution in [0.4, 0.5) is 5.69 Å². The van der Waals surface area contributed by atoms with Crippen LogP contribution < -0.4 is 4.31 Å². The molecule has 8 heteroatoms. The quantitative estimate of drug-likeness (QED) is 0.822. The fourth-order valence-corrected chi connectivity index (χ4v) is 6.11. The van der Waals surface area contributed by atoms with E-state index in [0.717, 1.165) is 17.7 Å². The van der Waals surface area contributed by atoms with Gasteiger partial charge in [0.25, 0.3) is 5.91 Å². The van der Waals surface area contributed by atoms with Crippen molar-refractivity contribution < 1.29 is 13.2 Å². The molecule has 132 valence electrons. The van der Waals surface area contributed by atoms with Gasteiger partial charge in [-0.25, -0.2) is 13.4 Å². The highest BCUT2D eigenvalue weighted by atomic mass is 32.2. The molecule has 1 fully saturated rings. The average molecular weight is 377 g/mol. The number of amides is 1. The number of fused-ring (bicyclic) bond motifs is 1. The fraction of sp³-hybridized carbons (Fsp3) is 0.412. The summed E-state index contributed by atoms with van der Waals surface area (Å²) in [7, 11) is -3.49. The van der Waals surface area contributed by atoms with E-state index in [9.17, 15) is 13.2 Å². The van der Waals surface area contributed by atoms with E-state index < -0.39 is 15.3 Å². The summed E-state index contributed by atoms with van der Waals surface area (Å²) in [5.74, 6) is -0.178. The van der Waals surface area contributed by atoms with Gasteiger partial charge in [0.05, 0.1) is 16.4 Å². The lowest BCUT2D eigenvalue weighted by atomic mass is 10.1. The summed E-state index contributed by atoms with van der Waals surface area (Å²) in [6.07, 6.45) is 2.01. The van der Waals surface area contributed by atoms with Gasteiger partial charge in [0, 0.05) is 25.0 Å².